The van der Waals surface area contributed by atoms with Gasteiger partial charge in [-0.05, 0) is 30.5 Å². The molecule has 1 heterocycles. The lowest BCUT2D eigenvalue weighted by molar-refractivity contribution is -0.122. The summed E-state index contributed by atoms with van der Waals surface area (Å²) in [6, 6.07) is 21.1. The molecule has 0 bridgehead atoms. The molecule has 0 radical (unpaired) electrons. The lowest BCUT2D eigenvalue weighted by Crippen LogP contribution is -2.48. The van der Waals surface area contributed by atoms with Crippen molar-refractivity contribution in [3.8, 4) is 0 Å². The molecular weight excluding hydrogens is 308 g/mol. The Morgan fingerprint density at radius 2 is 1.56 bits per heavy atom. The molecule has 1 aliphatic rings. The fraction of sp³-hybridized carbons (Fsp3) is 0.409. The maximum Gasteiger partial charge on any atom is 0.229 e. The van der Waals surface area contributed by atoms with Gasteiger partial charge in [0.25, 0.3) is 0 Å². The molecule has 1 amide bonds. The molecule has 0 atom stereocenters. The number of rotatable bonds is 5. The molecule has 0 aromatic heterocycles. The number of hydrogen-bond acceptors (Lipinski definition) is 2. The molecule has 1 aliphatic heterocycles. The van der Waals surface area contributed by atoms with E-state index in [1.165, 1.54) is 5.56 Å². The first-order valence-corrected chi connectivity index (χ1v) is 9.29. The van der Waals surface area contributed by atoms with Crippen molar-refractivity contribution in [2.45, 2.75) is 39.3 Å². The Morgan fingerprint density at radius 3 is 2.12 bits per heavy atom. The van der Waals surface area contributed by atoms with E-state index in [1.54, 1.807) is 0 Å². The van der Waals surface area contributed by atoms with Gasteiger partial charge in [-0.2, -0.15) is 0 Å². The van der Waals surface area contributed by atoms with E-state index < -0.39 is 0 Å². The lowest BCUT2D eigenvalue weighted by Gasteiger charge is -2.39. The van der Waals surface area contributed by atoms with Crippen molar-refractivity contribution in [1.82, 2.24) is 4.90 Å². The summed E-state index contributed by atoms with van der Waals surface area (Å²) < 4.78 is 0. The normalized spacial score (nSPS) is 16.1. The molecular formula is C22H28N2O. The summed E-state index contributed by atoms with van der Waals surface area (Å²) in [5, 5.41) is 0. The van der Waals surface area contributed by atoms with Crippen LogP contribution < -0.4 is 4.90 Å². The number of likely N-dealkylation sites (tertiary alicyclic amines) is 1. The zero-order valence-corrected chi connectivity index (χ0v) is 15.3. The Labute approximate surface area is 151 Å². The number of hydrogen-bond donors (Lipinski definition) is 0. The first-order valence-electron chi connectivity index (χ1n) is 9.29. The second kappa shape index (κ2) is 8.30. The summed E-state index contributed by atoms with van der Waals surface area (Å²) in [7, 11) is 0. The largest absolute Gasteiger partial charge is 0.309 e. The molecule has 132 valence electrons. The van der Waals surface area contributed by atoms with E-state index in [0.29, 0.717) is 6.04 Å². The standard InChI is InChI=1S/C22H28N2O/c1-18(2)22(25)24(20-11-7-4-8-12-20)21-13-15-23(16-14-21)17-19-9-5-3-6-10-19/h3-12,18,21H,13-17H2,1-2H3. The number of nitrogens with zero attached hydrogens (tertiary/aromatic N) is 2. The van der Waals surface area contributed by atoms with Gasteiger partial charge in [-0.15, -0.1) is 0 Å². The smallest absolute Gasteiger partial charge is 0.229 e. The monoisotopic (exact) mass is 336 g/mol. The van der Waals surface area contributed by atoms with Crippen LogP contribution in [0.4, 0.5) is 5.69 Å². The molecule has 0 aliphatic carbocycles. The zero-order valence-electron chi connectivity index (χ0n) is 15.3. The first kappa shape index (κ1) is 17.7. The minimum Gasteiger partial charge on any atom is -0.309 e. The molecule has 3 heteroatoms. The maximum absolute atomic E-state index is 12.8. The topological polar surface area (TPSA) is 23.6 Å². The number of benzene rings is 2. The van der Waals surface area contributed by atoms with Gasteiger partial charge in [0.15, 0.2) is 0 Å². The van der Waals surface area contributed by atoms with Crippen molar-refractivity contribution in [3.63, 3.8) is 0 Å². The summed E-state index contributed by atoms with van der Waals surface area (Å²) in [6.07, 6.45) is 2.06. The van der Waals surface area contributed by atoms with E-state index in [2.05, 4.69) is 47.4 Å². The molecule has 1 fully saturated rings. The predicted molar refractivity (Wildman–Crippen MR) is 104 cm³/mol. The summed E-state index contributed by atoms with van der Waals surface area (Å²) in [4.78, 5) is 17.4. The van der Waals surface area contributed by atoms with Crippen LogP contribution in [0.5, 0.6) is 0 Å². The average Bonchev–Trinajstić information content (AvgIpc) is 2.65. The quantitative estimate of drug-likeness (QED) is 0.811. The maximum atomic E-state index is 12.8. The van der Waals surface area contributed by atoms with Crippen LogP contribution >= 0.6 is 0 Å². The Morgan fingerprint density at radius 1 is 1.00 bits per heavy atom. The summed E-state index contributed by atoms with van der Waals surface area (Å²) in [6.45, 7) is 7.05. The van der Waals surface area contributed by atoms with Crippen LogP contribution in [0.3, 0.4) is 0 Å². The van der Waals surface area contributed by atoms with Crippen LogP contribution in [-0.2, 0) is 11.3 Å². The number of carbonyl (C=O) groups excluding carboxylic acids is 1. The minimum absolute atomic E-state index is 0.0163. The molecule has 2 aromatic carbocycles. The Kier molecular flexibility index (Phi) is 5.87. The molecule has 25 heavy (non-hydrogen) atoms. The number of piperidine rings is 1. The van der Waals surface area contributed by atoms with Crippen molar-refractivity contribution >= 4 is 11.6 Å². The van der Waals surface area contributed by atoms with Crippen LogP contribution in [0.25, 0.3) is 0 Å². The van der Waals surface area contributed by atoms with Crippen LogP contribution in [0.2, 0.25) is 0 Å². The second-order valence-corrected chi connectivity index (χ2v) is 7.19. The summed E-state index contributed by atoms with van der Waals surface area (Å²) >= 11 is 0. The van der Waals surface area contributed by atoms with Gasteiger partial charge in [-0.25, -0.2) is 0 Å². The van der Waals surface area contributed by atoms with Crippen molar-refractivity contribution < 1.29 is 4.79 Å². The molecule has 0 saturated carbocycles. The van der Waals surface area contributed by atoms with E-state index in [1.807, 2.05) is 36.9 Å². The third-order valence-corrected chi connectivity index (χ3v) is 4.94. The first-order chi connectivity index (χ1) is 12.1. The zero-order chi connectivity index (χ0) is 17.6. The fourth-order valence-corrected chi connectivity index (χ4v) is 3.56. The van der Waals surface area contributed by atoms with Crippen molar-refractivity contribution in [3.05, 3.63) is 66.2 Å². The fourth-order valence-electron chi connectivity index (χ4n) is 3.56. The Balaban J connectivity index is 1.67. The van der Waals surface area contributed by atoms with Gasteiger partial charge in [0.1, 0.15) is 0 Å². The van der Waals surface area contributed by atoms with Gasteiger partial charge >= 0.3 is 0 Å². The highest BCUT2D eigenvalue weighted by molar-refractivity contribution is 5.95. The average molecular weight is 336 g/mol. The molecule has 2 aromatic rings. The summed E-state index contributed by atoms with van der Waals surface area (Å²) in [5.41, 5.74) is 2.39. The molecule has 0 unspecified atom stereocenters. The third-order valence-electron chi connectivity index (χ3n) is 4.94. The molecule has 0 N–H and O–H groups in total. The highest BCUT2D eigenvalue weighted by Gasteiger charge is 2.30. The van der Waals surface area contributed by atoms with Gasteiger partial charge in [-0.3, -0.25) is 9.69 Å². The highest BCUT2D eigenvalue weighted by atomic mass is 16.2. The van der Waals surface area contributed by atoms with Crippen LogP contribution in [-0.4, -0.2) is 29.9 Å². The molecule has 1 saturated heterocycles. The molecule has 3 rings (SSSR count). The predicted octanol–water partition coefficient (Wildman–Crippen LogP) is 4.34. The van der Waals surface area contributed by atoms with Gasteiger partial charge < -0.3 is 4.90 Å². The van der Waals surface area contributed by atoms with Gasteiger partial charge in [0.05, 0.1) is 0 Å². The van der Waals surface area contributed by atoms with Crippen LogP contribution in [0.1, 0.15) is 32.3 Å². The number of amides is 1. The number of anilines is 1. The van der Waals surface area contributed by atoms with Crippen LogP contribution in [0, 0.1) is 5.92 Å². The van der Waals surface area contributed by atoms with Crippen LogP contribution in [0.15, 0.2) is 60.7 Å². The van der Waals surface area contributed by atoms with Gasteiger partial charge in [0, 0.05) is 37.3 Å². The molecule has 3 nitrogen and oxygen atoms in total. The SMILES string of the molecule is CC(C)C(=O)N(c1ccccc1)C1CCN(Cc2ccccc2)CC1. The molecule has 0 spiro atoms. The van der Waals surface area contributed by atoms with Crippen molar-refractivity contribution in [2.24, 2.45) is 5.92 Å². The Bertz CT molecular complexity index is 661. The lowest BCUT2D eigenvalue weighted by atomic mass is 9.99. The van der Waals surface area contributed by atoms with Gasteiger partial charge in [0.2, 0.25) is 5.91 Å². The van der Waals surface area contributed by atoms with Crippen molar-refractivity contribution in [2.75, 3.05) is 18.0 Å². The summed E-state index contributed by atoms with van der Waals surface area (Å²) in [5.74, 6) is 0.246. The highest BCUT2D eigenvalue weighted by Crippen LogP contribution is 2.26. The number of carbonyl (C=O) groups is 1. The minimum atomic E-state index is 0.0163. The van der Waals surface area contributed by atoms with Crippen molar-refractivity contribution in [1.29, 1.82) is 0 Å². The van der Waals surface area contributed by atoms with E-state index >= 15 is 0 Å². The van der Waals surface area contributed by atoms with E-state index in [-0.39, 0.29) is 11.8 Å². The van der Waals surface area contributed by atoms with E-state index in [9.17, 15) is 4.79 Å². The van der Waals surface area contributed by atoms with E-state index in [0.717, 1.165) is 38.2 Å². The van der Waals surface area contributed by atoms with E-state index in [4.69, 9.17) is 0 Å². The Hall–Kier alpha value is -2.13. The third kappa shape index (κ3) is 4.49. The number of para-hydroxylation sites is 1. The van der Waals surface area contributed by atoms with Gasteiger partial charge in [-0.1, -0.05) is 62.4 Å². The second-order valence-electron chi connectivity index (χ2n) is 7.19.